The van der Waals surface area contributed by atoms with Crippen LogP contribution in [0.3, 0.4) is 0 Å². The van der Waals surface area contributed by atoms with Gasteiger partial charge in [0.05, 0.1) is 0 Å². The average molecular weight is 339 g/mol. The molecular weight excluding hydrogens is 316 g/mol. The fourth-order valence-electron chi connectivity index (χ4n) is 2.82. The molecular formula is C16H23BrN2O. The fourth-order valence-corrected chi connectivity index (χ4v) is 3.26. The van der Waals surface area contributed by atoms with Gasteiger partial charge in [0.2, 0.25) is 5.91 Å². The molecule has 1 aromatic rings. The van der Waals surface area contributed by atoms with E-state index in [9.17, 15) is 4.79 Å². The summed E-state index contributed by atoms with van der Waals surface area (Å²) in [7, 11) is 0. The zero-order valence-electron chi connectivity index (χ0n) is 12.2. The van der Waals surface area contributed by atoms with E-state index in [1.807, 2.05) is 11.0 Å². The second-order valence-electron chi connectivity index (χ2n) is 5.64. The van der Waals surface area contributed by atoms with Crippen LogP contribution in [0.1, 0.15) is 32.3 Å². The Hall–Kier alpha value is -0.870. The van der Waals surface area contributed by atoms with E-state index in [-0.39, 0.29) is 5.91 Å². The lowest BCUT2D eigenvalue weighted by Gasteiger charge is -2.33. The third-order valence-electron chi connectivity index (χ3n) is 3.94. The van der Waals surface area contributed by atoms with Crippen molar-refractivity contribution in [3.8, 4) is 0 Å². The molecule has 2 rings (SSSR count). The van der Waals surface area contributed by atoms with E-state index in [0.717, 1.165) is 32.4 Å². The van der Waals surface area contributed by atoms with Gasteiger partial charge in [-0.15, -0.1) is 0 Å². The van der Waals surface area contributed by atoms with Crippen LogP contribution in [0.2, 0.25) is 0 Å². The van der Waals surface area contributed by atoms with Crippen LogP contribution in [0.4, 0.5) is 0 Å². The van der Waals surface area contributed by atoms with Crippen molar-refractivity contribution < 1.29 is 4.79 Å². The Kier molecular flexibility index (Phi) is 5.61. The molecule has 1 saturated heterocycles. The molecule has 3 nitrogen and oxygen atoms in total. The summed E-state index contributed by atoms with van der Waals surface area (Å²) < 4.78 is 1.18. The molecule has 0 saturated carbocycles. The van der Waals surface area contributed by atoms with Gasteiger partial charge >= 0.3 is 0 Å². The van der Waals surface area contributed by atoms with Gasteiger partial charge in [-0.25, -0.2) is 0 Å². The van der Waals surface area contributed by atoms with Crippen LogP contribution >= 0.6 is 15.9 Å². The van der Waals surface area contributed by atoms with Crippen LogP contribution in [0.5, 0.6) is 0 Å². The molecule has 0 bridgehead atoms. The van der Waals surface area contributed by atoms with Gasteiger partial charge in [0.15, 0.2) is 0 Å². The molecule has 0 spiro atoms. The molecule has 20 heavy (non-hydrogen) atoms. The second kappa shape index (κ2) is 7.23. The molecule has 4 heteroatoms. The summed E-state index contributed by atoms with van der Waals surface area (Å²) in [4.78, 5) is 13.2. The lowest BCUT2D eigenvalue weighted by Crippen LogP contribution is -2.47. The third-order valence-corrected chi connectivity index (χ3v) is 4.72. The molecule has 0 unspecified atom stereocenters. The van der Waals surface area contributed by atoms with Crippen molar-refractivity contribution in [3.05, 3.63) is 34.3 Å². The number of amides is 1. The van der Waals surface area contributed by atoms with Crippen LogP contribution in [-0.4, -0.2) is 36.0 Å². The molecule has 1 amide bonds. The van der Waals surface area contributed by atoms with Crippen LogP contribution in [0.25, 0.3) is 0 Å². The molecule has 1 aliphatic heterocycles. The Morgan fingerprint density at radius 1 is 1.40 bits per heavy atom. The van der Waals surface area contributed by atoms with Crippen molar-refractivity contribution in [2.45, 2.75) is 45.2 Å². The first-order valence-corrected chi connectivity index (χ1v) is 8.10. The van der Waals surface area contributed by atoms with Gasteiger partial charge in [0.25, 0.3) is 0 Å². The van der Waals surface area contributed by atoms with Crippen molar-refractivity contribution in [3.63, 3.8) is 0 Å². The molecule has 1 heterocycles. The number of carbonyl (C=O) groups excluding carboxylic acids is 1. The lowest BCUT2D eigenvalue weighted by molar-refractivity contribution is -0.129. The molecule has 0 aromatic heterocycles. The fraction of sp³-hybridized carbons (Fsp3) is 0.562. The van der Waals surface area contributed by atoms with Crippen molar-refractivity contribution >= 4 is 21.8 Å². The number of hydrogen-bond donors (Lipinski definition) is 1. The summed E-state index contributed by atoms with van der Waals surface area (Å²) in [5.74, 6) is 0.199. The summed E-state index contributed by atoms with van der Waals surface area (Å²) in [5.41, 5.74) is 1.34. The normalized spacial score (nSPS) is 18.1. The highest BCUT2D eigenvalue weighted by atomic mass is 79.9. The van der Waals surface area contributed by atoms with E-state index in [4.69, 9.17) is 0 Å². The van der Waals surface area contributed by atoms with Gasteiger partial charge in [-0.05, 0) is 37.8 Å². The summed E-state index contributed by atoms with van der Waals surface area (Å²) in [6.45, 7) is 5.66. The predicted octanol–water partition coefficient (Wildman–Crippen LogP) is 2.98. The molecule has 0 aliphatic carbocycles. The van der Waals surface area contributed by atoms with Crippen molar-refractivity contribution in [2.24, 2.45) is 0 Å². The number of likely N-dealkylation sites (tertiary alicyclic amines) is 1. The van der Waals surface area contributed by atoms with Gasteiger partial charge in [-0.1, -0.05) is 34.1 Å². The van der Waals surface area contributed by atoms with Gasteiger partial charge in [0, 0.05) is 36.6 Å². The molecule has 110 valence electrons. The molecule has 1 aliphatic rings. The minimum atomic E-state index is 0.199. The van der Waals surface area contributed by atoms with Crippen LogP contribution in [-0.2, 0) is 11.2 Å². The Balaban J connectivity index is 1.80. The number of nitrogens with zero attached hydrogens (tertiary/aromatic N) is 1. The first-order chi connectivity index (χ1) is 9.56. The number of rotatable bonds is 4. The smallest absolute Gasteiger partial charge is 0.219 e. The number of halogens is 1. The van der Waals surface area contributed by atoms with E-state index < -0.39 is 0 Å². The maximum absolute atomic E-state index is 11.3. The van der Waals surface area contributed by atoms with Crippen molar-refractivity contribution in [1.29, 1.82) is 0 Å². The monoisotopic (exact) mass is 338 g/mol. The predicted molar refractivity (Wildman–Crippen MR) is 85.7 cm³/mol. The summed E-state index contributed by atoms with van der Waals surface area (Å²) in [6.07, 6.45) is 3.13. The summed E-state index contributed by atoms with van der Waals surface area (Å²) in [6, 6.07) is 9.36. The minimum Gasteiger partial charge on any atom is -0.343 e. The third kappa shape index (κ3) is 4.32. The summed E-state index contributed by atoms with van der Waals surface area (Å²) >= 11 is 3.60. The van der Waals surface area contributed by atoms with Gasteiger partial charge < -0.3 is 10.2 Å². The Labute approximate surface area is 129 Å². The van der Waals surface area contributed by atoms with E-state index in [1.165, 1.54) is 10.0 Å². The Morgan fingerprint density at radius 3 is 2.65 bits per heavy atom. The maximum Gasteiger partial charge on any atom is 0.219 e. The quantitative estimate of drug-likeness (QED) is 0.915. The number of piperidine rings is 1. The van der Waals surface area contributed by atoms with Crippen LogP contribution < -0.4 is 5.32 Å². The van der Waals surface area contributed by atoms with Crippen molar-refractivity contribution in [2.75, 3.05) is 13.1 Å². The molecule has 1 atom stereocenters. The van der Waals surface area contributed by atoms with Crippen molar-refractivity contribution in [1.82, 2.24) is 10.2 Å². The highest BCUT2D eigenvalue weighted by molar-refractivity contribution is 9.10. The largest absolute Gasteiger partial charge is 0.343 e. The van der Waals surface area contributed by atoms with E-state index in [2.05, 4.69) is 46.4 Å². The zero-order valence-corrected chi connectivity index (χ0v) is 13.8. The number of hydrogen-bond acceptors (Lipinski definition) is 2. The zero-order chi connectivity index (χ0) is 14.5. The topological polar surface area (TPSA) is 32.3 Å². The SMILES string of the molecule is CC(=O)N1CCC(N[C@H](C)Cc2ccccc2Br)CC1. The highest BCUT2D eigenvalue weighted by Crippen LogP contribution is 2.18. The second-order valence-corrected chi connectivity index (χ2v) is 6.50. The van der Waals surface area contributed by atoms with Crippen LogP contribution in [0, 0.1) is 0 Å². The summed E-state index contributed by atoms with van der Waals surface area (Å²) in [5, 5.41) is 3.70. The Morgan fingerprint density at radius 2 is 2.05 bits per heavy atom. The van der Waals surface area contributed by atoms with Gasteiger partial charge in [-0.3, -0.25) is 4.79 Å². The highest BCUT2D eigenvalue weighted by Gasteiger charge is 2.21. The van der Waals surface area contributed by atoms with E-state index in [1.54, 1.807) is 6.92 Å². The first kappa shape index (κ1) is 15.5. The standard InChI is InChI=1S/C16H23BrN2O/c1-12(11-14-5-3-4-6-16(14)17)18-15-7-9-19(10-8-15)13(2)20/h3-6,12,15,18H,7-11H2,1-2H3/t12-/m1/s1. The van der Waals surface area contributed by atoms with Gasteiger partial charge in [-0.2, -0.15) is 0 Å². The number of benzene rings is 1. The average Bonchev–Trinajstić information content (AvgIpc) is 2.42. The number of nitrogens with one attached hydrogen (secondary N) is 1. The molecule has 0 radical (unpaired) electrons. The molecule has 1 N–H and O–H groups in total. The van der Waals surface area contributed by atoms with Gasteiger partial charge in [0.1, 0.15) is 0 Å². The minimum absolute atomic E-state index is 0.199. The Bertz CT molecular complexity index is 456. The maximum atomic E-state index is 11.3. The molecule has 1 aromatic carbocycles. The number of carbonyl (C=O) groups is 1. The lowest BCUT2D eigenvalue weighted by atomic mass is 10.0. The van der Waals surface area contributed by atoms with E-state index in [0.29, 0.717) is 12.1 Å². The molecule has 1 fully saturated rings. The van der Waals surface area contributed by atoms with Crippen LogP contribution in [0.15, 0.2) is 28.7 Å². The first-order valence-electron chi connectivity index (χ1n) is 7.31. The van der Waals surface area contributed by atoms with E-state index >= 15 is 0 Å².